The lowest BCUT2D eigenvalue weighted by Gasteiger charge is -2.18. The van der Waals surface area contributed by atoms with E-state index in [0.29, 0.717) is 17.9 Å². The normalized spacial score (nSPS) is 12.0. The first-order valence-corrected chi connectivity index (χ1v) is 8.83. The summed E-state index contributed by atoms with van der Waals surface area (Å²) in [4.78, 5) is 12.8. The van der Waals surface area contributed by atoms with Crippen molar-refractivity contribution in [1.82, 2.24) is 25.5 Å². The van der Waals surface area contributed by atoms with Gasteiger partial charge in [0.15, 0.2) is 0 Å². The third-order valence-electron chi connectivity index (χ3n) is 3.95. The SMILES string of the molecule is Cc1nnnn1C(Cc1cccc(F)c1)C(=O)NCc1ccc(Br)cc1. The highest BCUT2D eigenvalue weighted by Crippen LogP contribution is 2.17. The van der Waals surface area contributed by atoms with Gasteiger partial charge >= 0.3 is 0 Å². The van der Waals surface area contributed by atoms with Gasteiger partial charge in [0, 0.05) is 17.4 Å². The molecular weight excluding hydrogens is 401 g/mol. The van der Waals surface area contributed by atoms with Gasteiger partial charge in [-0.2, -0.15) is 0 Å². The van der Waals surface area contributed by atoms with Crippen LogP contribution in [0, 0.1) is 12.7 Å². The summed E-state index contributed by atoms with van der Waals surface area (Å²) in [6.45, 7) is 2.10. The number of halogens is 2. The topological polar surface area (TPSA) is 72.7 Å². The van der Waals surface area contributed by atoms with Gasteiger partial charge in [0.25, 0.3) is 0 Å². The number of carbonyl (C=O) groups excluding carboxylic acids is 1. The van der Waals surface area contributed by atoms with Gasteiger partial charge in [0.1, 0.15) is 17.7 Å². The number of hydrogen-bond donors (Lipinski definition) is 1. The summed E-state index contributed by atoms with van der Waals surface area (Å²) >= 11 is 3.38. The van der Waals surface area contributed by atoms with Gasteiger partial charge in [-0.25, -0.2) is 9.07 Å². The van der Waals surface area contributed by atoms with Crippen LogP contribution in [-0.2, 0) is 17.8 Å². The molecule has 26 heavy (non-hydrogen) atoms. The molecule has 0 aliphatic rings. The first-order chi connectivity index (χ1) is 12.5. The number of benzene rings is 2. The average Bonchev–Trinajstić information content (AvgIpc) is 3.05. The van der Waals surface area contributed by atoms with E-state index in [1.807, 2.05) is 24.3 Å². The minimum Gasteiger partial charge on any atom is -0.350 e. The summed E-state index contributed by atoms with van der Waals surface area (Å²) in [5.41, 5.74) is 1.67. The van der Waals surface area contributed by atoms with Crippen LogP contribution >= 0.6 is 15.9 Å². The number of amides is 1. The van der Waals surface area contributed by atoms with Gasteiger partial charge in [-0.3, -0.25) is 4.79 Å². The minimum atomic E-state index is -0.665. The smallest absolute Gasteiger partial charge is 0.245 e. The van der Waals surface area contributed by atoms with E-state index < -0.39 is 6.04 Å². The van der Waals surface area contributed by atoms with Crippen molar-refractivity contribution in [3.8, 4) is 0 Å². The molecule has 1 amide bonds. The Bertz CT molecular complexity index is 897. The Morgan fingerprint density at radius 1 is 1.23 bits per heavy atom. The second kappa shape index (κ2) is 8.18. The van der Waals surface area contributed by atoms with Crippen molar-refractivity contribution in [3.63, 3.8) is 0 Å². The fourth-order valence-corrected chi connectivity index (χ4v) is 2.88. The molecule has 0 aliphatic carbocycles. The Hall–Kier alpha value is -2.61. The summed E-state index contributed by atoms with van der Waals surface area (Å²) in [5, 5.41) is 14.3. The summed E-state index contributed by atoms with van der Waals surface area (Å²) in [6, 6.07) is 13.2. The van der Waals surface area contributed by atoms with Crippen LogP contribution in [0.25, 0.3) is 0 Å². The van der Waals surface area contributed by atoms with Gasteiger partial charge < -0.3 is 5.32 Å². The van der Waals surface area contributed by atoms with E-state index in [1.165, 1.54) is 16.8 Å². The highest BCUT2D eigenvalue weighted by atomic mass is 79.9. The van der Waals surface area contributed by atoms with Gasteiger partial charge in [0.05, 0.1) is 0 Å². The van der Waals surface area contributed by atoms with E-state index in [-0.39, 0.29) is 18.1 Å². The number of tetrazole rings is 1. The minimum absolute atomic E-state index is 0.229. The van der Waals surface area contributed by atoms with Crippen LogP contribution in [-0.4, -0.2) is 26.1 Å². The van der Waals surface area contributed by atoms with Gasteiger partial charge in [-0.05, 0) is 52.7 Å². The van der Waals surface area contributed by atoms with Gasteiger partial charge in [-0.15, -0.1) is 5.10 Å². The highest BCUT2D eigenvalue weighted by Gasteiger charge is 2.24. The van der Waals surface area contributed by atoms with Crippen molar-refractivity contribution in [2.24, 2.45) is 0 Å². The lowest BCUT2D eigenvalue weighted by molar-refractivity contribution is -0.124. The molecule has 134 valence electrons. The molecule has 0 saturated carbocycles. The van der Waals surface area contributed by atoms with Gasteiger partial charge in [-0.1, -0.05) is 40.2 Å². The largest absolute Gasteiger partial charge is 0.350 e. The molecule has 1 N–H and O–H groups in total. The molecule has 8 heteroatoms. The number of nitrogens with one attached hydrogen (secondary N) is 1. The predicted octanol–water partition coefficient (Wildman–Crippen LogP) is 2.98. The van der Waals surface area contributed by atoms with Gasteiger partial charge in [0.2, 0.25) is 5.91 Å². The van der Waals surface area contributed by atoms with Crippen LogP contribution in [0.2, 0.25) is 0 Å². The Morgan fingerprint density at radius 3 is 2.65 bits per heavy atom. The second-order valence-corrected chi connectivity index (χ2v) is 6.78. The molecule has 1 atom stereocenters. The maximum absolute atomic E-state index is 13.5. The van der Waals surface area contributed by atoms with E-state index in [0.717, 1.165) is 10.0 Å². The maximum atomic E-state index is 13.5. The summed E-state index contributed by atoms with van der Waals surface area (Å²) in [6.07, 6.45) is 0.288. The molecule has 6 nitrogen and oxygen atoms in total. The molecule has 0 fully saturated rings. The number of aromatic nitrogens is 4. The van der Waals surface area contributed by atoms with E-state index in [2.05, 4.69) is 36.8 Å². The summed E-state index contributed by atoms with van der Waals surface area (Å²) < 4.78 is 15.9. The Kier molecular flexibility index (Phi) is 5.72. The van der Waals surface area contributed by atoms with Crippen LogP contribution in [0.5, 0.6) is 0 Å². The Morgan fingerprint density at radius 2 is 2.00 bits per heavy atom. The van der Waals surface area contributed by atoms with Crippen molar-refractivity contribution >= 4 is 21.8 Å². The zero-order valence-electron chi connectivity index (χ0n) is 14.1. The Labute approximate surface area is 158 Å². The first kappa shape index (κ1) is 18.2. The van der Waals surface area contributed by atoms with Crippen LogP contribution in [0.15, 0.2) is 53.0 Å². The van der Waals surface area contributed by atoms with Crippen LogP contribution in [0.3, 0.4) is 0 Å². The summed E-state index contributed by atoms with van der Waals surface area (Å²) in [5.74, 6) is -0.0530. The van der Waals surface area contributed by atoms with Crippen LogP contribution < -0.4 is 5.32 Å². The number of carbonyl (C=O) groups is 1. The average molecular weight is 418 g/mol. The molecule has 2 aromatic carbocycles. The van der Waals surface area contributed by atoms with Crippen molar-refractivity contribution in [2.75, 3.05) is 0 Å². The predicted molar refractivity (Wildman–Crippen MR) is 97.7 cm³/mol. The third-order valence-corrected chi connectivity index (χ3v) is 4.48. The van der Waals surface area contributed by atoms with E-state index in [9.17, 15) is 9.18 Å². The number of nitrogens with zero attached hydrogens (tertiary/aromatic N) is 4. The summed E-state index contributed by atoms with van der Waals surface area (Å²) in [7, 11) is 0. The molecular formula is C18H17BrFN5O. The monoisotopic (exact) mass is 417 g/mol. The molecule has 0 bridgehead atoms. The van der Waals surface area contributed by atoms with Crippen LogP contribution in [0.1, 0.15) is 23.0 Å². The lowest BCUT2D eigenvalue weighted by Crippen LogP contribution is -2.34. The molecule has 0 saturated heterocycles. The molecule has 1 heterocycles. The molecule has 1 aromatic heterocycles. The maximum Gasteiger partial charge on any atom is 0.245 e. The van der Waals surface area contributed by atoms with Crippen molar-refractivity contribution in [3.05, 3.63) is 75.8 Å². The second-order valence-electron chi connectivity index (χ2n) is 5.86. The molecule has 0 spiro atoms. The molecule has 1 unspecified atom stereocenters. The van der Waals surface area contributed by atoms with Crippen LogP contribution in [0.4, 0.5) is 4.39 Å². The lowest BCUT2D eigenvalue weighted by atomic mass is 10.0. The number of aryl methyl sites for hydroxylation is 1. The first-order valence-electron chi connectivity index (χ1n) is 8.04. The van der Waals surface area contributed by atoms with Crippen molar-refractivity contribution < 1.29 is 9.18 Å². The standard InChI is InChI=1S/C18H17BrFN5O/c1-12-22-23-24-25(12)17(10-14-3-2-4-16(20)9-14)18(26)21-11-13-5-7-15(19)8-6-13/h2-9,17H,10-11H2,1H3,(H,21,26). The fourth-order valence-electron chi connectivity index (χ4n) is 2.61. The number of hydrogen-bond acceptors (Lipinski definition) is 4. The van der Waals surface area contributed by atoms with E-state index in [1.54, 1.807) is 19.1 Å². The van der Waals surface area contributed by atoms with E-state index in [4.69, 9.17) is 0 Å². The van der Waals surface area contributed by atoms with Crippen molar-refractivity contribution in [2.45, 2.75) is 25.9 Å². The molecule has 0 radical (unpaired) electrons. The Balaban J connectivity index is 1.77. The zero-order chi connectivity index (χ0) is 18.5. The van der Waals surface area contributed by atoms with E-state index >= 15 is 0 Å². The quantitative estimate of drug-likeness (QED) is 0.668. The number of rotatable bonds is 6. The highest BCUT2D eigenvalue weighted by molar-refractivity contribution is 9.10. The van der Waals surface area contributed by atoms with Crippen molar-refractivity contribution in [1.29, 1.82) is 0 Å². The zero-order valence-corrected chi connectivity index (χ0v) is 15.6. The molecule has 3 aromatic rings. The molecule has 0 aliphatic heterocycles. The third kappa shape index (κ3) is 4.51. The molecule has 3 rings (SSSR count). The fraction of sp³-hybridized carbons (Fsp3) is 0.222.